The molecule has 120 valence electrons. The minimum atomic E-state index is -0.836. The number of ether oxygens (including phenoxy) is 3. The van der Waals surface area contributed by atoms with Crippen molar-refractivity contribution in [2.24, 2.45) is 0 Å². The molecule has 0 heterocycles. The molecule has 1 aromatic carbocycles. The van der Waals surface area contributed by atoms with Gasteiger partial charge in [-0.15, -0.1) is 0 Å². The summed E-state index contributed by atoms with van der Waals surface area (Å²) in [5.74, 6) is 1.32. The molecule has 0 aromatic heterocycles. The van der Waals surface area contributed by atoms with E-state index in [1.54, 1.807) is 21.1 Å². The Morgan fingerprint density at radius 1 is 1.24 bits per heavy atom. The van der Waals surface area contributed by atoms with Crippen molar-refractivity contribution in [2.45, 2.75) is 32.4 Å². The molecule has 5 heteroatoms. The fourth-order valence-corrected chi connectivity index (χ4v) is 1.69. The second-order valence-electron chi connectivity index (χ2n) is 5.29. The lowest BCUT2D eigenvalue weighted by atomic mass is 10.1. The molecule has 0 spiro atoms. The Morgan fingerprint density at radius 2 is 2.00 bits per heavy atom. The van der Waals surface area contributed by atoms with E-state index in [2.05, 4.69) is 5.32 Å². The van der Waals surface area contributed by atoms with Crippen molar-refractivity contribution in [3.05, 3.63) is 23.8 Å². The van der Waals surface area contributed by atoms with Gasteiger partial charge < -0.3 is 24.6 Å². The van der Waals surface area contributed by atoms with E-state index in [4.69, 9.17) is 14.2 Å². The van der Waals surface area contributed by atoms with E-state index >= 15 is 0 Å². The van der Waals surface area contributed by atoms with Crippen molar-refractivity contribution in [3.8, 4) is 11.5 Å². The lowest BCUT2D eigenvalue weighted by Gasteiger charge is -2.22. The summed E-state index contributed by atoms with van der Waals surface area (Å²) >= 11 is 0. The molecule has 0 saturated carbocycles. The molecule has 1 rings (SSSR count). The number of methoxy groups -OCH3 is 2. The average molecular weight is 297 g/mol. The fraction of sp³-hybridized carbons (Fsp3) is 0.625. The van der Waals surface area contributed by atoms with Crippen molar-refractivity contribution in [1.82, 2.24) is 5.32 Å². The molecule has 0 saturated heterocycles. The predicted octanol–water partition coefficient (Wildman–Crippen LogP) is 1.97. The highest BCUT2D eigenvalue weighted by molar-refractivity contribution is 5.43. The normalized spacial score (nSPS) is 13.8. The number of hydrogen-bond acceptors (Lipinski definition) is 5. The summed E-state index contributed by atoms with van der Waals surface area (Å²) in [5.41, 5.74) is 0.260. The van der Waals surface area contributed by atoms with Crippen LogP contribution >= 0.6 is 0 Å². The predicted molar refractivity (Wildman–Crippen MR) is 83.0 cm³/mol. The monoisotopic (exact) mass is 297 g/mol. The topological polar surface area (TPSA) is 60.0 Å². The second-order valence-corrected chi connectivity index (χ2v) is 5.29. The SMILES string of the molecule is CCC(C)(O)COc1cc(CNCCOC)ccc1OC. The van der Waals surface area contributed by atoms with E-state index in [0.29, 0.717) is 24.5 Å². The molecule has 2 N–H and O–H groups in total. The van der Waals surface area contributed by atoms with Crippen LogP contribution in [0.3, 0.4) is 0 Å². The van der Waals surface area contributed by atoms with Crippen molar-refractivity contribution >= 4 is 0 Å². The second kappa shape index (κ2) is 8.87. The van der Waals surface area contributed by atoms with Crippen molar-refractivity contribution in [3.63, 3.8) is 0 Å². The molecule has 0 aliphatic rings. The standard InChI is InChI=1S/C16H27NO4/c1-5-16(2,18)12-21-15-10-13(6-7-14(15)20-4)11-17-8-9-19-3/h6-7,10,17-18H,5,8-9,11-12H2,1-4H3. The zero-order valence-electron chi connectivity index (χ0n) is 13.4. The van der Waals surface area contributed by atoms with Gasteiger partial charge in [0, 0.05) is 20.2 Å². The molecule has 0 amide bonds. The third-order valence-corrected chi connectivity index (χ3v) is 3.34. The summed E-state index contributed by atoms with van der Waals surface area (Å²) in [6, 6.07) is 5.80. The fourth-order valence-electron chi connectivity index (χ4n) is 1.69. The third kappa shape index (κ3) is 6.33. The maximum atomic E-state index is 10.0. The zero-order valence-corrected chi connectivity index (χ0v) is 13.4. The molecule has 0 radical (unpaired) electrons. The molecule has 0 aliphatic carbocycles. The molecule has 0 fully saturated rings. The first kappa shape index (κ1) is 17.8. The van der Waals surface area contributed by atoms with Crippen LogP contribution in [0.1, 0.15) is 25.8 Å². The molecule has 1 atom stereocenters. The highest BCUT2D eigenvalue weighted by Gasteiger charge is 2.19. The Kier molecular flexibility index (Phi) is 7.50. The Morgan fingerprint density at radius 3 is 2.62 bits per heavy atom. The van der Waals surface area contributed by atoms with Crippen molar-refractivity contribution in [2.75, 3.05) is 34.0 Å². The van der Waals surface area contributed by atoms with Crippen molar-refractivity contribution < 1.29 is 19.3 Å². The maximum Gasteiger partial charge on any atom is 0.161 e. The van der Waals surface area contributed by atoms with Crippen LogP contribution in [0.15, 0.2) is 18.2 Å². The maximum absolute atomic E-state index is 10.0. The van der Waals surface area contributed by atoms with Gasteiger partial charge in [-0.1, -0.05) is 13.0 Å². The molecule has 21 heavy (non-hydrogen) atoms. The van der Waals surface area contributed by atoms with Gasteiger partial charge in [-0.2, -0.15) is 0 Å². The Hall–Kier alpha value is -1.30. The number of rotatable bonds is 10. The van der Waals surface area contributed by atoms with E-state index in [9.17, 15) is 5.11 Å². The first-order valence-electron chi connectivity index (χ1n) is 7.24. The Labute approximate surface area is 127 Å². The van der Waals surface area contributed by atoms with Gasteiger partial charge in [0.2, 0.25) is 0 Å². The average Bonchev–Trinajstić information content (AvgIpc) is 2.50. The molecule has 0 aliphatic heterocycles. The number of aliphatic hydroxyl groups is 1. The summed E-state index contributed by atoms with van der Waals surface area (Å²) in [7, 11) is 3.29. The summed E-state index contributed by atoms with van der Waals surface area (Å²) in [6.07, 6.45) is 0.633. The Bertz CT molecular complexity index is 421. The minimum absolute atomic E-state index is 0.237. The van der Waals surface area contributed by atoms with Gasteiger partial charge in [0.25, 0.3) is 0 Å². The van der Waals surface area contributed by atoms with Gasteiger partial charge in [0.05, 0.1) is 19.3 Å². The van der Waals surface area contributed by atoms with Gasteiger partial charge >= 0.3 is 0 Å². The van der Waals surface area contributed by atoms with Crippen LogP contribution in [0.5, 0.6) is 11.5 Å². The first-order chi connectivity index (χ1) is 10.0. The Balaban J connectivity index is 2.66. The largest absolute Gasteiger partial charge is 0.493 e. The number of hydrogen-bond donors (Lipinski definition) is 2. The molecule has 5 nitrogen and oxygen atoms in total. The quantitative estimate of drug-likeness (QED) is 0.647. The lowest BCUT2D eigenvalue weighted by Crippen LogP contribution is -2.31. The third-order valence-electron chi connectivity index (χ3n) is 3.34. The van der Waals surface area contributed by atoms with Crippen LogP contribution in [0, 0.1) is 0 Å². The molecular weight excluding hydrogens is 270 g/mol. The van der Waals surface area contributed by atoms with Gasteiger partial charge in [-0.3, -0.25) is 0 Å². The first-order valence-corrected chi connectivity index (χ1v) is 7.24. The van der Waals surface area contributed by atoms with Crippen LogP contribution in [0.4, 0.5) is 0 Å². The lowest BCUT2D eigenvalue weighted by molar-refractivity contribution is 0.00772. The van der Waals surface area contributed by atoms with Crippen LogP contribution in [-0.4, -0.2) is 44.7 Å². The smallest absolute Gasteiger partial charge is 0.161 e. The van der Waals surface area contributed by atoms with E-state index in [-0.39, 0.29) is 6.61 Å². The van der Waals surface area contributed by atoms with Gasteiger partial charge in [-0.25, -0.2) is 0 Å². The van der Waals surface area contributed by atoms with Gasteiger partial charge in [0.15, 0.2) is 11.5 Å². The molecular formula is C16H27NO4. The summed E-state index contributed by atoms with van der Waals surface area (Å²) in [6.45, 7) is 6.13. The number of nitrogens with one attached hydrogen (secondary N) is 1. The zero-order chi connectivity index (χ0) is 15.7. The molecule has 1 unspecified atom stereocenters. The van der Waals surface area contributed by atoms with E-state index in [1.165, 1.54) is 0 Å². The van der Waals surface area contributed by atoms with E-state index < -0.39 is 5.60 Å². The molecule has 0 bridgehead atoms. The van der Waals surface area contributed by atoms with E-state index in [0.717, 1.165) is 18.7 Å². The van der Waals surface area contributed by atoms with E-state index in [1.807, 2.05) is 25.1 Å². The number of benzene rings is 1. The van der Waals surface area contributed by atoms with Crippen LogP contribution < -0.4 is 14.8 Å². The van der Waals surface area contributed by atoms with Crippen LogP contribution in [-0.2, 0) is 11.3 Å². The highest BCUT2D eigenvalue weighted by Crippen LogP contribution is 2.29. The summed E-state index contributed by atoms with van der Waals surface area (Å²) in [4.78, 5) is 0. The summed E-state index contributed by atoms with van der Waals surface area (Å²) in [5, 5.41) is 13.3. The van der Waals surface area contributed by atoms with Gasteiger partial charge in [0.1, 0.15) is 6.61 Å². The van der Waals surface area contributed by atoms with Crippen molar-refractivity contribution in [1.29, 1.82) is 0 Å². The minimum Gasteiger partial charge on any atom is -0.493 e. The summed E-state index contributed by atoms with van der Waals surface area (Å²) < 4.78 is 16.0. The van der Waals surface area contributed by atoms with Crippen LogP contribution in [0.2, 0.25) is 0 Å². The molecule has 1 aromatic rings. The highest BCUT2D eigenvalue weighted by atomic mass is 16.5. The van der Waals surface area contributed by atoms with Crippen LogP contribution in [0.25, 0.3) is 0 Å². The van der Waals surface area contributed by atoms with Gasteiger partial charge in [-0.05, 0) is 31.0 Å².